The van der Waals surface area contributed by atoms with Crippen molar-refractivity contribution in [3.63, 3.8) is 0 Å². The van der Waals surface area contributed by atoms with Crippen molar-refractivity contribution in [2.75, 3.05) is 5.32 Å². The molecule has 2 N–H and O–H groups in total. The lowest BCUT2D eigenvalue weighted by Crippen LogP contribution is -2.05. The van der Waals surface area contributed by atoms with E-state index in [2.05, 4.69) is 47.1 Å². The van der Waals surface area contributed by atoms with Gasteiger partial charge in [0.15, 0.2) is 5.82 Å². The molecule has 102 valence electrons. The molecule has 0 atom stereocenters. The lowest BCUT2D eigenvalue weighted by Gasteiger charge is -2.08. The van der Waals surface area contributed by atoms with E-state index in [-0.39, 0.29) is 0 Å². The molecule has 4 heteroatoms. The molecule has 0 saturated carbocycles. The fourth-order valence-corrected chi connectivity index (χ4v) is 2.39. The average Bonchev–Trinajstić information content (AvgIpc) is 2.74. The Labute approximate surface area is 118 Å². The second kappa shape index (κ2) is 4.96. The Morgan fingerprint density at radius 3 is 2.75 bits per heavy atom. The largest absolute Gasteiger partial charge is 0.363 e. The molecule has 0 saturated heterocycles. The van der Waals surface area contributed by atoms with Gasteiger partial charge in [-0.3, -0.25) is 4.98 Å². The fourth-order valence-electron chi connectivity index (χ4n) is 2.39. The highest BCUT2D eigenvalue weighted by molar-refractivity contribution is 5.92. The number of fused-ring (bicyclic) bond motifs is 1. The van der Waals surface area contributed by atoms with Crippen LogP contribution in [0.25, 0.3) is 10.9 Å². The number of nitrogens with one attached hydrogen (secondary N) is 2. The summed E-state index contributed by atoms with van der Waals surface area (Å²) in [5, 5.41) is 4.60. The van der Waals surface area contributed by atoms with Crippen LogP contribution in [0.15, 0.2) is 30.6 Å². The first-order valence-electron chi connectivity index (χ1n) is 6.75. The summed E-state index contributed by atoms with van der Waals surface area (Å²) in [7, 11) is 0. The van der Waals surface area contributed by atoms with Gasteiger partial charge in [-0.1, -0.05) is 6.07 Å². The first kappa shape index (κ1) is 12.7. The highest BCUT2D eigenvalue weighted by Crippen LogP contribution is 2.25. The maximum Gasteiger partial charge on any atom is 0.150 e. The van der Waals surface area contributed by atoms with Crippen LogP contribution in [0, 0.1) is 20.8 Å². The molecule has 0 spiro atoms. The molecule has 3 rings (SSSR count). The molecule has 3 aromatic rings. The summed E-state index contributed by atoms with van der Waals surface area (Å²) >= 11 is 0. The minimum atomic E-state index is 0.676. The third-order valence-electron chi connectivity index (χ3n) is 3.77. The number of hydrogen-bond donors (Lipinski definition) is 2. The van der Waals surface area contributed by atoms with Crippen LogP contribution in [0.3, 0.4) is 0 Å². The molecule has 0 aliphatic rings. The smallest absolute Gasteiger partial charge is 0.150 e. The second-order valence-electron chi connectivity index (χ2n) is 5.08. The quantitative estimate of drug-likeness (QED) is 0.763. The summed E-state index contributed by atoms with van der Waals surface area (Å²) in [6.45, 7) is 6.96. The Hall–Kier alpha value is -2.36. The first-order chi connectivity index (χ1) is 9.66. The number of aryl methyl sites for hydroxylation is 3. The van der Waals surface area contributed by atoms with Crippen LogP contribution in [0.4, 0.5) is 5.82 Å². The second-order valence-corrected chi connectivity index (χ2v) is 5.08. The summed E-state index contributed by atoms with van der Waals surface area (Å²) in [5.74, 6) is 0.878. The van der Waals surface area contributed by atoms with Crippen molar-refractivity contribution in [3.8, 4) is 0 Å². The van der Waals surface area contributed by atoms with Crippen LogP contribution in [0.2, 0.25) is 0 Å². The van der Waals surface area contributed by atoms with Crippen LogP contribution in [0.1, 0.15) is 22.5 Å². The van der Waals surface area contributed by atoms with E-state index in [1.54, 1.807) is 0 Å². The van der Waals surface area contributed by atoms with E-state index in [9.17, 15) is 0 Å². The van der Waals surface area contributed by atoms with Crippen molar-refractivity contribution in [2.24, 2.45) is 0 Å². The Kier molecular flexibility index (Phi) is 3.14. The third kappa shape index (κ3) is 2.13. The van der Waals surface area contributed by atoms with Crippen LogP contribution >= 0.6 is 0 Å². The van der Waals surface area contributed by atoms with Gasteiger partial charge in [-0.25, -0.2) is 4.98 Å². The number of pyridine rings is 2. The number of H-pyrrole nitrogens is 1. The van der Waals surface area contributed by atoms with E-state index in [4.69, 9.17) is 0 Å². The van der Waals surface area contributed by atoms with Gasteiger partial charge < -0.3 is 10.3 Å². The van der Waals surface area contributed by atoms with Crippen molar-refractivity contribution in [2.45, 2.75) is 27.3 Å². The highest BCUT2D eigenvalue weighted by atomic mass is 15.0. The molecule has 0 aliphatic heterocycles. The molecule has 0 amide bonds. The first-order valence-corrected chi connectivity index (χ1v) is 6.75. The zero-order valence-electron chi connectivity index (χ0n) is 12.0. The topological polar surface area (TPSA) is 53.6 Å². The minimum absolute atomic E-state index is 0.676. The monoisotopic (exact) mass is 266 g/mol. The van der Waals surface area contributed by atoms with Gasteiger partial charge in [-0.15, -0.1) is 0 Å². The SMILES string of the molecule is Cc1cccnc1CNc1nccc2c(C)c(C)[nH]c12. The van der Waals surface area contributed by atoms with Crippen LogP contribution < -0.4 is 5.32 Å². The molecule has 3 aromatic heterocycles. The summed E-state index contributed by atoms with van der Waals surface area (Å²) < 4.78 is 0. The van der Waals surface area contributed by atoms with E-state index < -0.39 is 0 Å². The molecule has 0 radical (unpaired) electrons. The Balaban J connectivity index is 1.92. The highest BCUT2D eigenvalue weighted by Gasteiger charge is 2.09. The normalized spacial score (nSPS) is 10.9. The van der Waals surface area contributed by atoms with Crippen LogP contribution in [0.5, 0.6) is 0 Å². The molecular formula is C16H18N4. The van der Waals surface area contributed by atoms with Gasteiger partial charge >= 0.3 is 0 Å². The molecule has 0 bridgehead atoms. The predicted molar refractivity (Wildman–Crippen MR) is 81.9 cm³/mol. The van der Waals surface area contributed by atoms with Gasteiger partial charge in [-0.2, -0.15) is 0 Å². The van der Waals surface area contributed by atoms with E-state index in [1.807, 2.05) is 24.5 Å². The lowest BCUT2D eigenvalue weighted by molar-refractivity contribution is 1.01. The third-order valence-corrected chi connectivity index (χ3v) is 3.77. The molecule has 0 unspecified atom stereocenters. The fraction of sp³-hybridized carbons (Fsp3) is 0.250. The van der Waals surface area contributed by atoms with Gasteiger partial charge in [0.2, 0.25) is 0 Å². The number of hydrogen-bond acceptors (Lipinski definition) is 3. The average molecular weight is 266 g/mol. The van der Waals surface area contributed by atoms with Crippen LogP contribution in [-0.2, 0) is 6.54 Å². The minimum Gasteiger partial charge on any atom is -0.363 e. The zero-order valence-corrected chi connectivity index (χ0v) is 12.0. The van der Waals surface area contributed by atoms with E-state index in [0.29, 0.717) is 6.54 Å². The van der Waals surface area contributed by atoms with Crippen molar-refractivity contribution in [3.05, 3.63) is 53.1 Å². The Morgan fingerprint density at radius 2 is 1.95 bits per heavy atom. The summed E-state index contributed by atoms with van der Waals surface area (Å²) in [6.07, 6.45) is 3.66. The molecule has 0 aliphatic carbocycles. The summed E-state index contributed by atoms with van der Waals surface area (Å²) in [5.41, 5.74) is 5.76. The Bertz CT molecular complexity index is 758. The standard InChI is InChI=1S/C16H18N4/c1-10-5-4-7-17-14(10)9-19-16-15-13(6-8-18-16)11(2)12(3)20-15/h4-8,20H,9H2,1-3H3,(H,18,19). The maximum absolute atomic E-state index is 4.44. The van der Waals surface area contributed by atoms with Crippen molar-refractivity contribution in [1.82, 2.24) is 15.0 Å². The van der Waals surface area contributed by atoms with Gasteiger partial charge in [0.1, 0.15) is 0 Å². The van der Waals surface area contributed by atoms with Crippen molar-refractivity contribution in [1.29, 1.82) is 0 Å². The lowest BCUT2D eigenvalue weighted by atomic mass is 10.2. The molecule has 20 heavy (non-hydrogen) atoms. The number of nitrogens with zero attached hydrogens (tertiary/aromatic N) is 2. The number of aromatic nitrogens is 3. The summed E-state index contributed by atoms with van der Waals surface area (Å²) in [6, 6.07) is 6.07. The number of aromatic amines is 1. The van der Waals surface area contributed by atoms with Crippen LogP contribution in [-0.4, -0.2) is 15.0 Å². The Morgan fingerprint density at radius 1 is 1.10 bits per heavy atom. The van der Waals surface area contributed by atoms with E-state index in [1.165, 1.54) is 22.2 Å². The van der Waals surface area contributed by atoms with Crippen molar-refractivity contribution >= 4 is 16.7 Å². The summed E-state index contributed by atoms with van der Waals surface area (Å²) in [4.78, 5) is 12.2. The zero-order chi connectivity index (χ0) is 14.1. The van der Waals surface area contributed by atoms with Gasteiger partial charge in [0.05, 0.1) is 17.8 Å². The van der Waals surface area contributed by atoms with Crippen molar-refractivity contribution < 1.29 is 0 Å². The van der Waals surface area contributed by atoms with Gasteiger partial charge in [0.25, 0.3) is 0 Å². The van der Waals surface area contributed by atoms with E-state index >= 15 is 0 Å². The maximum atomic E-state index is 4.44. The number of anilines is 1. The predicted octanol–water partition coefficient (Wildman–Crippen LogP) is 3.50. The van der Waals surface area contributed by atoms with Gasteiger partial charge in [-0.05, 0) is 44.0 Å². The molecule has 4 nitrogen and oxygen atoms in total. The molecule has 3 heterocycles. The number of rotatable bonds is 3. The van der Waals surface area contributed by atoms with Gasteiger partial charge in [0, 0.05) is 23.5 Å². The molecule has 0 aromatic carbocycles. The van der Waals surface area contributed by atoms with E-state index in [0.717, 1.165) is 17.0 Å². The molecule has 0 fully saturated rings. The molecular weight excluding hydrogens is 248 g/mol.